The zero-order valence-corrected chi connectivity index (χ0v) is 11.6. The molecule has 1 heterocycles. The number of nitrogens with zero attached hydrogens (tertiary/aromatic N) is 2. The van der Waals surface area contributed by atoms with E-state index in [-0.39, 0.29) is 5.91 Å². The highest BCUT2D eigenvalue weighted by Crippen LogP contribution is 2.25. The van der Waals surface area contributed by atoms with Crippen molar-refractivity contribution in [2.45, 2.75) is 0 Å². The SMILES string of the molecule is N#Cc1ccccc1NC(=O)c1ccc2nc(N)sc2c1. The molecule has 0 aliphatic rings. The van der Waals surface area contributed by atoms with Crippen LogP contribution < -0.4 is 11.1 Å². The van der Waals surface area contributed by atoms with E-state index in [0.717, 1.165) is 10.2 Å². The molecule has 21 heavy (non-hydrogen) atoms. The number of nitriles is 1. The predicted octanol–water partition coefficient (Wildman–Crippen LogP) is 3.00. The number of fused-ring (bicyclic) bond motifs is 1. The van der Waals surface area contributed by atoms with E-state index in [1.807, 2.05) is 6.07 Å². The molecular formula is C15H10N4OS. The Hall–Kier alpha value is -2.91. The van der Waals surface area contributed by atoms with Gasteiger partial charge in [0.05, 0.1) is 21.5 Å². The van der Waals surface area contributed by atoms with E-state index in [0.29, 0.717) is 21.9 Å². The van der Waals surface area contributed by atoms with Crippen LogP contribution in [0.1, 0.15) is 15.9 Å². The molecule has 0 aliphatic carbocycles. The molecule has 3 N–H and O–H groups in total. The summed E-state index contributed by atoms with van der Waals surface area (Å²) < 4.78 is 0.855. The second-order valence-corrected chi connectivity index (χ2v) is 5.41. The van der Waals surface area contributed by atoms with E-state index < -0.39 is 0 Å². The Kier molecular flexibility index (Phi) is 3.26. The lowest BCUT2D eigenvalue weighted by Crippen LogP contribution is -2.12. The summed E-state index contributed by atoms with van der Waals surface area (Å²) in [5.74, 6) is -0.272. The molecule has 0 atom stereocenters. The molecule has 6 heteroatoms. The largest absolute Gasteiger partial charge is 0.375 e. The Morgan fingerprint density at radius 2 is 2.10 bits per heavy atom. The van der Waals surface area contributed by atoms with E-state index in [1.165, 1.54) is 11.3 Å². The van der Waals surface area contributed by atoms with Crippen molar-refractivity contribution < 1.29 is 4.79 Å². The highest BCUT2D eigenvalue weighted by Gasteiger charge is 2.10. The van der Waals surface area contributed by atoms with Gasteiger partial charge in [0.1, 0.15) is 6.07 Å². The van der Waals surface area contributed by atoms with Crippen molar-refractivity contribution >= 4 is 38.3 Å². The molecule has 3 rings (SSSR count). The molecular weight excluding hydrogens is 284 g/mol. The first-order chi connectivity index (χ1) is 10.2. The van der Waals surface area contributed by atoms with Crippen LogP contribution in [0.5, 0.6) is 0 Å². The van der Waals surface area contributed by atoms with Crippen LogP contribution in [0.15, 0.2) is 42.5 Å². The minimum Gasteiger partial charge on any atom is -0.375 e. The number of rotatable bonds is 2. The smallest absolute Gasteiger partial charge is 0.255 e. The number of aromatic nitrogens is 1. The van der Waals surface area contributed by atoms with Crippen LogP contribution in [0.3, 0.4) is 0 Å². The van der Waals surface area contributed by atoms with Crippen molar-refractivity contribution in [1.82, 2.24) is 4.98 Å². The predicted molar refractivity (Wildman–Crippen MR) is 83.1 cm³/mol. The van der Waals surface area contributed by atoms with E-state index in [4.69, 9.17) is 11.0 Å². The Balaban J connectivity index is 1.91. The molecule has 0 aliphatic heterocycles. The summed E-state index contributed by atoms with van der Waals surface area (Å²) in [4.78, 5) is 16.4. The summed E-state index contributed by atoms with van der Waals surface area (Å²) >= 11 is 1.33. The minimum absolute atomic E-state index is 0.272. The third-order valence-corrected chi connectivity index (χ3v) is 3.81. The van der Waals surface area contributed by atoms with Gasteiger partial charge >= 0.3 is 0 Å². The van der Waals surface area contributed by atoms with E-state index >= 15 is 0 Å². The molecule has 0 bridgehead atoms. The number of nitrogens with one attached hydrogen (secondary N) is 1. The van der Waals surface area contributed by atoms with Crippen LogP contribution in [0, 0.1) is 11.3 Å². The molecule has 0 radical (unpaired) electrons. The van der Waals surface area contributed by atoms with Gasteiger partial charge in [-0.05, 0) is 30.3 Å². The summed E-state index contributed by atoms with van der Waals surface area (Å²) in [6.45, 7) is 0. The average Bonchev–Trinajstić information content (AvgIpc) is 2.86. The van der Waals surface area contributed by atoms with Crippen molar-refractivity contribution in [3.05, 3.63) is 53.6 Å². The van der Waals surface area contributed by atoms with Crippen LogP contribution in [0.4, 0.5) is 10.8 Å². The number of carbonyl (C=O) groups excluding carboxylic acids is 1. The molecule has 1 amide bonds. The molecule has 102 valence electrons. The average molecular weight is 294 g/mol. The van der Waals surface area contributed by atoms with E-state index in [9.17, 15) is 4.79 Å². The van der Waals surface area contributed by atoms with Crippen LogP contribution in [-0.4, -0.2) is 10.9 Å². The minimum atomic E-state index is -0.272. The fourth-order valence-electron chi connectivity index (χ4n) is 1.97. The number of hydrogen-bond acceptors (Lipinski definition) is 5. The second kappa shape index (κ2) is 5.23. The summed E-state index contributed by atoms with van der Waals surface area (Å²) in [6, 6.07) is 14.1. The first kappa shape index (κ1) is 13.1. The fraction of sp³-hybridized carbons (Fsp3) is 0. The highest BCUT2D eigenvalue weighted by molar-refractivity contribution is 7.22. The lowest BCUT2D eigenvalue weighted by atomic mass is 10.1. The number of benzene rings is 2. The van der Waals surface area contributed by atoms with E-state index in [1.54, 1.807) is 42.5 Å². The van der Waals surface area contributed by atoms with Gasteiger partial charge in [0, 0.05) is 5.56 Å². The summed E-state index contributed by atoms with van der Waals surface area (Å²) in [6.07, 6.45) is 0. The first-order valence-electron chi connectivity index (χ1n) is 6.14. The monoisotopic (exact) mass is 294 g/mol. The third-order valence-electron chi connectivity index (χ3n) is 2.96. The Morgan fingerprint density at radius 3 is 2.90 bits per heavy atom. The zero-order chi connectivity index (χ0) is 14.8. The van der Waals surface area contributed by atoms with Gasteiger partial charge in [-0.25, -0.2) is 4.98 Å². The van der Waals surface area contributed by atoms with Crippen molar-refractivity contribution in [2.24, 2.45) is 0 Å². The normalized spacial score (nSPS) is 10.2. The van der Waals surface area contributed by atoms with Gasteiger partial charge < -0.3 is 11.1 Å². The van der Waals surface area contributed by atoms with Gasteiger partial charge in [0.25, 0.3) is 5.91 Å². The van der Waals surface area contributed by atoms with Crippen LogP contribution in [-0.2, 0) is 0 Å². The number of carbonyl (C=O) groups is 1. The highest BCUT2D eigenvalue weighted by atomic mass is 32.1. The Labute approximate surface area is 124 Å². The van der Waals surface area contributed by atoms with Crippen molar-refractivity contribution in [3.8, 4) is 6.07 Å². The second-order valence-electron chi connectivity index (χ2n) is 4.35. The van der Waals surface area contributed by atoms with Crippen molar-refractivity contribution in [1.29, 1.82) is 5.26 Å². The molecule has 0 saturated carbocycles. The number of nitrogen functional groups attached to an aromatic ring is 1. The van der Waals surface area contributed by atoms with Crippen molar-refractivity contribution in [2.75, 3.05) is 11.1 Å². The summed E-state index contributed by atoms with van der Waals surface area (Å²) in [5.41, 5.74) is 7.84. The van der Waals surface area contributed by atoms with Crippen LogP contribution in [0.25, 0.3) is 10.2 Å². The maximum absolute atomic E-state index is 12.3. The maximum atomic E-state index is 12.3. The molecule has 5 nitrogen and oxygen atoms in total. The van der Waals surface area contributed by atoms with Gasteiger partial charge in [0.15, 0.2) is 5.13 Å². The Morgan fingerprint density at radius 1 is 1.29 bits per heavy atom. The van der Waals surface area contributed by atoms with Crippen LogP contribution >= 0.6 is 11.3 Å². The molecule has 0 fully saturated rings. The summed E-state index contributed by atoms with van der Waals surface area (Å²) in [7, 11) is 0. The zero-order valence-electron chi connectivity index (χ0n) is 10.8. The molecule has 1 aromatic heterocycles. The Bertz CT molecular complexity index is 879. The maximum Gasteiger partial charge on any atom is 0.255 e. The quantitative estimate of drug-likeness (QED) is 0.760. The van der Waals surface area contributed by atoms with Gasteiger partial charge in [-0.1, -0.05) is 23.5 Å². The molecule has 2 aromatic carbocycles. The third kappa shape index (κ3) is 2.55. The molecule has 3 aromatic rings. The summed E-state index contributed by atoms with van der Waals surface area (Å²) in [5, 5.41) is 12.2. The first-order valence-corrected chi connectivity index (χ1v) is 6.95. The molecule has 0 saturated heterocycles. The number of para-hydroxylation sites is 1. The van der Waals surface area contributed by atoms with E-state index in [2.05, 4.69) is 10.3 Å². The van der Waals surface area contributed by atoms with Crippen LogP contribution in [0.2, 0.25) is 0 Å². The standard InChI is InChI=1S/C15H10N4OS/c16-8-10-3-1-2-4-11(10)18-14(20)9-5-6-12-13(7-9)21-15(17)19-12/h1-7H,(H2,17,19)(H,18,20). The number of amides is 1. The van der Waals surface area contributed by atoms with Gasteiger partial charge in [-0.2, -0.15) is 5.26 Å². The lowest BCUT2D eigenvalue weighted by Gasteiger charge is -2.06. The number of anilines is 2. The topological polar surface area (TPSA) is 91.8 Å². The number of thiazole rings is 1. The van der Waals surface area contributed by atoms with Gasteiger partial charge in [0.2, 0.25) is 0 Å². The van der Waals surface area contributed by atoms with Gasteiger partial charge in [-0.15, -0.1) is 0 Å². The van der Waals surface area contributed by atoms with Gasteiger partial charge in [-0.3, -0.25) is 4.79 Å². The fourth-order valence-corrected chi connectivity index (χ4v) is 2.74. The lowest BCUT2D eigenvalue weighted by molar-refractivity contribution is 0.102. The number of hydrogen-bond donors (Lipinski definition) is 2. The molecule has 0 unspecified atom stereocenters. The molecule has 0 spiro atoms. The number of nitrogens with two attached hydrogens (primary N) is 1. The van der Waals surface area contributed by atoms with Crippen molar-refractivity contribution in [3.63, 3.8) is 0 Å².